The average Bonchev–Trinajstić information content (AvgIpc) is 3.05. The molecule has 4 rings (SSSR count). The number of thioether (sulfide) groups is 1. The Hall–Kier alpha value is -1.89. The summed E-state index contributed by atoms with van der Waals surface area (Å²) in [4.78, 5) is 29.8. The molecule has 29 heavy (non-hydrogen) atoms. The summed E-state index contributed by atoms with van der Waals surface area (Å²) in [5.74, 6) is 1.21. The number of amides is 1. The van der Waals surface area contributed by atoms with Crippen LogP contribution in [0.25, 0.3) is 11.0 Å². The molecule has 1 aliphatic rings. The summed E-state index contributed by atoms with van der Waals surface area (Å²) in [5, 5.41) is 1.24. The number of benzene rings is 2. The molecule has 0 aliphatic carbocycles. The molecule has 0 bridgehead atoms. The number of para-hydroxylation sites is 2. The summed E-state index contributed by atoms with van der Waals surface area (Å²) in [6, 6.07) is 13.3. The van der Waals surface area contributed by atoms with Crippen molar-refractivity contribution in [3.8, 4) is 0 Å². The van der Waals surface area contributed by atoms with Crippen LogP contribution in [-0.2, 0) is 10.5 Å². The van der Waals surface area contributed by atoms with Gasteiger partial charge in [-0.3, -0.25) is 9.36 Å². The maximum Gasteiger partial charge on any atom is 0.326 e. The van der Waals surface area contributed by atoms with E-state index in [1.807, 2.05) is 45.9 Å². The Balaban J connectivity index is 1.31. The Bertz CT molecular complexity index is 1090. The van der Waals surface area contributed by atoms with Gasteiger partial charge >= 0.3 is 5.69 Å². The van der Waals surface area contributed by atoms with Crippen LogP contribution < -0.4 is 5.69 Å². The zero-order valence-electron chi connectivity index (χ0n) is 15.7. The molecule has 2 heterocycles. The number of nitrogens with one attached hydrogen (secondary N) is 1. The molecule has 1 fully saturated rings. The molecule has 1 aliphatic heterocycles. The number of carbonyl (C=O) groups is 1. The van der Waals surface area contributed by atoms with Gasteiger partial charge in [-0.05, 0) is 42.7 Å². The third-order valence-electron chi connectivity index (χ3n) is 5.30. The van der Waals surface area contributed by atoms with Gasteiger partial charge in [-0.15, -0.1) is 11.8 Å². The van der Waals surface area contributed by atoms with Crippen molar-refractivity contribution in [2.24, 2.45) is 0 Å². The van der Waals surface area contributed by atoms with Gasteiger partial charge in [0.1, 0.15) is 0 Å². The molecule has 0 radical (unpaired) electrons. The minimum absolute atomic E-state index is 0.0774. The van der Waals surface area contributed by atoms with Gasteiger partial charge in [0, 0.05) is 34.9 Å². The zero-order chi connectivity index (χ0) is 20.4. The predicted molar refractivity (Wildman–Crippen MR) is 120 cm³/mol. The van der Waals surface area contributed by atoms with Gasteiger partial charge in [-0.2, -0.15) is 0 Å². The highest BCUT2D eigenvalue weighted by atomic mass is 35.5. The summed E-state index contributed by atoms with van der Waals surface area (Å²) >= 11 is 13.7. The van der Waals surface area contributed by atoms with E-state index in [9.17, 15) is 9.59 Å². The fourth-order valence-electron chi connectivity index (χ4n) is 3.79. The van der Waals surface area contributed by atoms with E-state index in [0.717, 1.165) is 29.4 Å². The van der Waals surface area contributed by atoms with Crippen molar-refractivity contribution in [1.82, 2.24) is 14.5 Å². The Morgan fingerprint density at radius 2 is 1.90 bits per heavy atom. The summed E-state index contributed by atoms with van der Waals surface area (Å²) < 4.78 is 1.84. The topological polar surface area (TPSA) is 58.1 Å². The summed E-state index contributed by atoms with van der Waals surface area (Å²) in [5.41, 5.74) is 2.68. The number of fused-ring (bicyclic) bond motifs is 1. The molecule has 5 nitrogen and oxygen atoms in total. The first-order valence-electron chi connectivity index (χ1n) is 9.51. The molecule has 0 spiro atoms. The number of hydrogen-bond donors (Lipinski definition) is 1. The Morgan fingerprint density at radius 3 is 2.66 bits per heavy atom. The second kappa shape index (κ2) is 8.86. The molecule has 1 N–H and O–H groups in total. The average molecular weight is 450 g/mol. The summed E-state index contributed by atoms with van der Waals surface area (Å²) in [6.07, 6.45) is 1.56. The highest BCUT2D eigenvalue weighted by molar-refractivity contribution is 7.99. The number of aromatic nitrogens is 2. The van der Waals surface area contributed by atoms with Crippen molar-refractivity contribution in [2.75, 3.05) is 18.8 Å². The second-order valence-corrected chi connectivity index (χ2v) is 8.99. The smallest absolute Gasteiger partial charge is 0.326 e. The Kier molecular flexibility index (Phi) is 6.23. The van der Waals surface area contributed by atoms with Crippen LogP contribution in [0.1, 0.15) is 24.4 Å². The number of piperidine rings is 1. The van der Waals surface area contributed by atoms with E-state index >= 15 is 0 Å². The van der Waals surface area contributed by atoms with Crippen LogP contribution >= 0.6 is 35.0 Å². The van der Waals surface area contributed by atoms with Crippen LogP contribution in [0.5, 0.6) is 0 Å². The lowest BCUT2D eigenvalue weighted by Crippen LogP contribution is -2.41. The second-order valence-electron chi connectivity index (χ2n) is 7.16. The van der Waals surface area contributed by atoms with Crippen LogP contribution in [0.3, 0.4) is 0 Å². The Morgan fingerprint density at radius 1 is 1.14 bits per heavy atom. The molecule has 3 aromatic rings. The molecule has 0 atom stereocenters. The molecule has 152 valence electrons. The van der Waals surface area contributed by atoms with Crippen LogP contribution in [0.15, 0.2) is 47.3 Å². The van der Waals surface area contributed by atoms with Crippen LogP contribution in [0.4, 0.5) is 0 Å². The maximum absolute atomic E-state index is 12.6. The van der Waals surface area contributed by atoms with Gasteiger partial charge in [0.05, 0.1) is 16.8 Å². The van der Waals surface area contributed by atoms with E-state index in [4.69, 9.17) is 23.2 Å². The van der Waals surface area contributed by atoms with Crippen molar-refractivity contribution >= 4 is 51.9 Å². The summed E-state index contributed by atoms with van der Waals surface area (Å²) in [7, 11) is 0. The molecule has 0 saturated carbocycles. The minimum Gasteiger partial charge on any atom is -0.342 e. The predicted octanol–water partition coefficient (Wildman–Crippen LogP) is 4.73. The lowest BCUT2D eigenvalue weighted by atomic mass is 10.0. The standard InChI is InChI=1S/C21H21Cl2N3O2S/c22-15-6-5-14(17(23)11-15)12-29-13-20(27)25-9-7-16(8-10-25)26-19-4-2-1-3-18(19)24-21(26)28/h1-6,11,16H,7-10,12-13H2,(H,24,28). The fraction of sp³-hybridized carbons (Fsp3) is 0.333. The summed E-state index contributed by atoms with van der Waals surface area (Å²) in [6.45, 7) is 1.33. The molecule has 1 amide bonds. The lowest BCUT2D eigenvalue weighted by molar-refractivity contribution is -0.129. The van der Waals surface area contributed by atoms with Gasteiger partial charge < -0.3 is 9.88 Å². The fourth-order valence-corrected chi connectivity index (χ4v) is 5.27. The van der Waals surface area contributed by atoms with E-state index in [-0.39, 0.29) is 17.6 Å². The van der Waals surface area contributed by atoms with Gasteiger partial charge in [0.25, 0.3) is 0 Å². The number of hydrogen-bond acceptors (Lipinski definition) is 3. The SMILES string of the molecule is O=C(CSCc1ccc(Cl)cc1Cl)N1CCC(n2c(=O)[nH]c3ccccc32)CC1. The number of aromatic amines is 1. The van der Waals surface area contributed by atoms with Gasteiger partial charge in [0.2, 0.25) is 5.91 Å². The number of nitrogens with zero attached hydrogens (tertiary/aromatic N) is 2. The number of rotatable bonds is 5. The number of likely N-dealkylation sites (tertiary alicyclic amines) is 1. The van der Waals surface area contributed by atoms with Crippen molar-refractivity contribution in [3.63, 3.8) is 0 Å². The van der Waals surface area contributed by atoms with Crippen molar-refractivity contribution < 1.29 is 4.79 Å². The van der Waals surface area contributed by atoms with E-state index in [1.165, 1.54) is 0 Å². The molecule has 8 heteroatoms. The van der Waals surface area contributed by atoms with Gasteiger partial charge in [0.15, 0.2) is 0 Å². The first kappa shape index (κ1) is 20.4. The quantitative estimate of drug-likeness (QED) is 0.611. The number of H-pyrrole nitrogens is 1. The largest absolute Gasteiger partial charge is 0.342 e. The van der Waals surface area contributed by atoms with Crippen LogP contribution in [-0.4, -0.2) is 39.2 Å². The zero-order valence-corrected chi connectivity index (χ0v) is 18.1. The highest BCUT2D eigenvalue weighted by Gasteiger charge is 2.25. The maximum atomic E-state index is 12.6. The Labute approximate surface area is 183 Å². The lowest BCUT2D eigenvalue weighted by Gasteiger charge is -2.32. The van der Waals surface area contributed by atoms with E-state index in [0.29, 0.717) is 34.6 Å². The molecule has 1 aromatic heterocycles. The third-order valence-corrected chi connectivity index (χ3v) is 6.86. The van der Waals surface area contributed by atoms with Crippen LogP contribution in [0.2, 0.25) is 10.0 Å². The normalized spacial score (nSPS) is 15.2. The van der Waals surface area contributed by atoms with E-state index in [2.05, 4.69) is 4.98 Å². The van der Waals surface area contributed by atoms with Gasteiger partial charge in [-0.25, -0.2) is 4.79 Å². The van der Waals surface area contributed by atoms with Crippen LogP contribution in [0, 0.1) is 0 Å². The minimum atomic E-state index is -0.0774. The highest BCUT2D eigenvalue weighted by Crippen LogP contribution is 2.27. The first-order chi connectivity index (χ1) is 14.0. The van der Waals surface area contributed by atoms with Crippen molar-refractivity contribution in [2.45, 2.75) is 24.6 Å². The molecule has 0 unspecified atom stereocenters. The number of carbonyl (C=O) groups excluding carboxylic acids is 1. The molecule has 2 aromatic carbocycles. The molecular weight excluding hydrogens is 429 g/mol. The molecule has 1 saturated heterocycles. The van der Waals surface area contributed by atoms with E-state index < -0.39 is 0 Å². The number of halogens is 2. The molecular formula is C21H21Cl2N3O2S. The van der Waals surface area contributed by atoms with Crippen molar-refractivity contribution in [3.05, 3.63) is 68.6 Å². The van der Waals surface area contributed by atoms with E-state index in [1.54, 1.807) is 17.8 Å². The van der Waals surface area contributed by atoms with Gasteiger partial charge in [-0.1, -0.05) is 41.4 Å². The third kappa shape index (κ3) is 4.49. The first-order valence-corrected chi connectivity index (χ1v) is 11.4. The monoisotopic (exact) mass is 449 g/mol. The van der Waals surface area contributed by atoms with Crippen molar-refractivity contribution in [1.29, 1.82) is 0 Å². The number of imidazole rings is 1.